The zero-order chi connectivity index (χ0) is 16.0. The first kappa shape index (κ1) is 17.2. The van der Waals surface area contributed by atoms with Gasteiger partial charge in [-0.15, -0.1) is 0 Å². The Kier molecular flexibility index (Phi) is 6.19. The molecule has 0 bridgehead atoms. The molecule has 0 radical (unpaired) electrons. The number of allylic oxidation sites excluding steroid dienone is 1. The summed E-state index contributed by atoms with van der Waals surface area (Å²) in [6, 6.07) is 10.9. The van der Waals surface area contributed by atoms with Gasteiger partial charge in [0.1, 0.15) is 13.9 Å². The van der Waals surface area contributed by atoms with Crippen molar-refractivity contribution in [1.82, 2.24) is 0 Å². The summed E-state index contributed by atoms with van der Waals surface area (Å²) in [4.78, 5) is 11.9. The molecule has 1 aromatic rings. The van der Waals surface area contributed by atoms with Gasteiger partial charge < -0.3 is 0 Å². The number of carbonyl (C=O) groups excluding carboxylic acids is 1. The molecule has 0 heterocycles. The topological polar surface area (TPSA) is 17.1 Å². The third-order valence-corrected chi connectivity index (χ3v) is 7.80. The van der Waals surface area contributed by atoms with E-state index in [9.17, 15) is 4.79 Å². The normalized spacial score (nSPS) is 20.2. The van der Waals surface area contributed by atoms with Crippen LogP contribution in [0.15, 0.2) is 41.6 Å². The molecule has 1 aromatic carbocycles. The van der Waals surface area contributed by atoms with E-state index in [0.29, 0.717) is 11.7 Å². The highest BCUT2D eigenvalue weighted by atomic mass is 28.3. The molecule has 1 aliphatic carbocycles. The van der Waals surface area contributed by atoms with Crippen molar-refractivity contribution in [1.29, 1.82) is 0 Å². The van der Waals surface area contributed by atoms with Gasteiger partial charge in [0.2, 0.25) is 0 Å². The van der Waals surface area contributed by atoms with Gasteiger partial charge in [0.05, 0.1) is 0 Å². The Balaban J connectivity index is 2.25. The fourth-order valence-corrected chi connectivity index (χ4v) is 6.06. The average molecular weight is 315 g/mol. The molecular formula is C20H30OSi. The van der Waals surface area contributed by atoms with Gasteiger partial charge in [-0.2, -0.15) is 0 Å². The lowest BCUT2D eigenvalue weighted by atomic mass is 9.82. The summed E-state index contributed by atoms with van der Waals surface area (Å²) < 4.78 is 0. The van der Waals surface area contributed by atoms with E-state index in [2.05, 4.69) is 56.0 Å². The Hall–Kier alpha value is -1.15. The minimum atomic E-state index is -1.57. The van der Waals surface area contributed by atoms with Crippen molar-refractivity contribution >= 4 is 19.0 Å². The highest BCUT2D eigenvalue weighted by molar-refractivity contribution is 6.94. The summed E-state index contributed by atoms with van der Waals surface area (Å²) in [6.07, 6.45) is 7.53. The number of carbonyl (C=O) groups is 1. The van der Waals surface area contributed by atoms with Crippen LogP contribution in [0.25, 0.3) is 0 Å². The van der Waals surface area contributed by atoms with Gasteiger partial charge in [0.25, 0.3) is 0 Å². The quantitative estimate of drug-likeness (QED) is 0.674. The standard InChI is InChI=1S/C20H30OSi/c1-4-5-10-18(17-11-9-12-19(21)15-17)16-22(2,3)20-13-7-6-8-14-20/h6-8,13-14,16-17H,4-5,9-12,15H2,1-3H3/b18-16-. The van der Waals surface area contributed by atoms with Crippen molar-refractivity contribution < 1.29 is 4.79 Å². The average Bonchev–Trinajstić information content (AvgIpc) is 2.52. The summed E-state index contributed by atoms with van der Waals surface area (Å²) in [7, 11) is -1.57. The van der Waals surface area contributed by atoms with Crippen LogP contribution in [0, 0.1) is 5.92 Å². The Morgan fingerprint density at radius 3 is 2.64 bits per heavy atom. The summed E-state index contributed by atoms with van der Waals surface area (Å²) in [5, 5.41) is 1.49. The Labute approximate surface area is 136 Å². The molecule has 120 valence electrons. The molecule has 1 atom stereocenters. The molecule has 0 saturated heterocycles. The van der Waals surface area contributed by atoms with Crippen LogP contribution in [-0.4, -0.2) is 13.9 Å². The molecule has 22 heavy (non-hydrogen) atoms. The third kappa shape index (κ3) is 4.67. The molecular weight excluding hydrogens is 284 g/mol. The summed E-state index contributed by atoms with van der Waals surface area (Å²) in [5.74, 6) is 0.987. The predicted molar refractivity (Wildman–Crippen MR) is 98.1 cm³/mol. The smallest absolute Gasteiger partial charge is 0.133 e. The Morgan fingerprint density at radius 1 is 1.27 bits per heavy atom. The number of benzene rings is 1. The van der Waals surface area contributed by atoms with E-state index in [1.807, 2.05) is 0 Å². The van der Waals surface area contributed by atoms with Crippen molar-refractivity contribution in [2.45, 2.75) is 65.0 Å². The fourth-order valence-electron chi connectivity index (χ4n) is 3.53. The van der Waals surface area contributed by atoms with E-state index in [4.69, 9.17) is 0 Å². The first-order valence-corrected chi connectivity index (χ1v) is 11.9. The SMILES string of the molecule is CCCC/C(=C/[Si](C)(C)c1ccccc1)C1CCCC(=O)C1. The molecule has 1 saturated carbocycles. The summed E-state index contributed by atoms with van der Waals surface area (Å²) in [6.45, 7) is 7.11. The Morgan fingerprint density at radius 2 is 2.00 bits per heavy atom. The van der Waals surface area contributed by atoms with Crippen molar-refractivity contribution in [3.05, 3.63) is 41.6 Å². The van der Waals surface area contributed by atoms with E-state index in [0.717, 1.165) is 19.3 Å². The second-order valence-corrected chi connectivity index (χ2v) is 11.6. The second-order valence-electron chi connectivity index (χ2n) is 7.24. The second kappa shape index (κ2) is 7.91. The van der Waals surface area contributed by atoms with Gasteiger partial charge in [0, 0.05) is 12.8 Å². The van der Waals surface area contributed by atoms with Crippen molar-refractivity contribution in [3.8, 4) is 0 Å². The number of hydrogen-bond donors (Lipinski definition) is 0. The number of ketones is 1. The lowest BCUT2D eigenvalue weighted by molar-refractivity contribution is -0.121. The van der Waals surface area contributed by atoms with Crippen LogP contribution >= 0.6 is 0 Å². The van der Waals surface area contributed by atoms with Crippen LogP contribution in [0.1, 0.15) is 51.9 Å². The summed E-state index contributed by atoms with van der Waals surface area (Å²) >= 11 is 0. The van der Waals surface area contributed by atoms with E-state index < -0.39 is 8.07 Å². The van der Waals surface area contributed by atoms with E-state index in [1.54, 1.807) is 5.57 Å². The van der Waals surface area contributed by atoms with Crippen LogP contribution in [-0.2, 0) is 4.79 Å². The highest BCUT2D eigenvalue weighted by Gasteiger charge is 2.26. The van der Waals surface area contributed by atoms with Crippen LogP contribution < -0.4 is 5.19 Å². The zero-order valence-corrected chi connectivity index (χ0v) is 15.4. The first-order valence-electron chi connectivity index (χ1n) is 8.82. The fraction of sp³-hybridized carbons (Fsp3) is 0.550. The van der Waals surface area contributed by atoms with Gasteiger partial charge in [0.15, 0.2) is 0 Å². The molecule has 2 rings (SSSR count). The minimum Gasteiger partial charge on any atom is -0.300 e. The molecule has 0 aromatic heterocycles. The molecule has 0 amide bonds. The van der Waals surface area contributed by atoms with E-state index in [-0.39, 0.29) is 0 Å². The van der Waals surface area contributed by atoms with Crippen LogP contribution in [0.5, 0.6) is 0 Å². The maximum absolute atomic E-state index is 11.9. The highest BCUT2D eigenvalue weighted by Crippen LogP contribution is 2.32. The molecule has 1 fully saturated rings. The molecule has 1 nitrogen and oxygen atoms in total. The van der Waals surface area contributed by atoms with Crippen LogP contribution in [0.2, 0.25) is 13.1 Å². The van der Waals surface area contributed by atoms with Gasteiger partial charge >= 0.3 is 0 Å². The van der Waals surface area contributed by atoms with Crippen LogP contribution in [0.4, 0.5) is 0 Å². The van der Waals surface area contributed by atoms with Crippen molar-refractivity contribution in [2.24, 2.45) is 5.92 Å². The first-order chi connectivity index (χ1) is 10.5. The van der Waals surface area contributed by atoms with E-state index >= 15 is 0 Å². The lowest BCUT2D eigenvalue weighted by Gasteiger charge is -2.28. The van der Waals surface area contributed by atoms with E-state index in [1.165, 1.54) is 30.9 Å². The molecule has 0 N–H and O–H groups in total. The number of Topliss-reactive ketones (excluding diaryl/α,β-unsaturated/α-hetero) is 1. The number of hydrogen-bond acceptors (Lipinski definition) is 1. The molecule has 2 heteroatoms. The number of unbranched alkanes of at least 4 members (excludes halogenated alkanes) is 1. The van der Waals surface area contributed by atoms with Gasteiger partial charge in [-0.05, 0) is 31.6 Å². The molecule has 1 unspecified atom stereocenters. The third-order valence-electron chi connectivity index (χ3n) is 4.89. The predicted octanol–water partition coefficient (Wildman–Crippen LogP) is 5.02. The maximum Gasteiger partial charge on any atom is 0.133 e. The van der Waals surface area contributed by atoms with Gasteiger partial charge in [-0.3, -0.25) is 4.79 Å². The van der Waals surface area contributed by atoms with Gasteiger partial charge in [-0.25, -0.2) is 0 Å². The number of rotatable bonds is 6. The Bertz CT molecular complexity index is 516. The van der Waals surface area contributed by atoms with Crippen molar-refractivity contribution in [2.75, 3.05) is 0 Å². The monoisotopic (exact) mass is 314 g/mol. The van der Waals surface area contributed by atoms with Crippen LogP contribution in [0.3, 0.4) is 0 Å². The summed E-state index contributed by atoms with van der Waals surface area (Å²) in [5.41, 5.74) is 4.18. The largest absolute Gasteiger partial charge is 0.300 e. The van der Waals surface area contributed by atoms with Gasteiger partial charge in [-0.1, -0.05) is 73.2 Å². The molecule has 1 aliphatic rings. The minimum absolute atomic E-state index is 0.470. The molecule has 0 spiro atoms. The lowest BCUT2D eigenvalue weighted by Crippen LogP contribution is -2.40. The molecule has 0 aliphatic heterocycles. The zero-order valence-electron chi connectivity index (χ0n) is 14.4. The maximum atomic E-state index is 11.9. The van der Waals surface area contributed by atoms with Crippen molar-refractivity contribution in [3.63, 3.8) is 0 Å².